The van der Waals surface area contributed by atoms with Crippen molar-refractivity contribution in [3.05, 3.63) is 40.4 Å². The number of hydrogen-bond donors (Lipinski definition) is 2. The summed E-state index contributed by atoms with van der Waals surface area (Å²) in [6, 6.07) is 2.02. The predicted octanol–water partition coefficient (Wildman–Crippen LogP) is 1.91. The van der Waals surface area contributed by atoms with Crippen molar-refractivity contribution in [2.45, 2.75) is 19.0 Å². The van der Waals surface area contributed by atoms with Crippen LogP contribution >= 0.6 is 11.3 Å². The van der Waals surface area contributed by atoms with E-state index in [0.717, 1.165) is 29.9 Å². The molecule has 1 aliphatic heterocycles. The molecule has 6 nitrogen and oxygen atoms in total. The van der Waals surface area contributed by atoms with Crippen LogP contribution in [0.15, 0.2) is 27.7 Å². The number of hydrogen-bond acceptors (Lipinski definition) is 6. The predicted molar refractivity (Wildman–Crippen MR) is 69.5 cm³/mol. The number of fused-ring (bicyclic) bond motifs is 1. The van der Waals surface area contributed by atoms with Crippen LogP contribution in [0.5, 0.6) is 0 Å². The van der Waals surface area contributed by atoms with Crippen LogP contribution in [0.3, 0.4) is 0 Å². The number of H-pyrrole nitrogens is 1. The van der Waals surface area contributed by atoms with Crippen LogP contribution in [0.4, 0.5) is 0 Å². The smallest absolute Gasteiger partial charge is 0.244 e. The Labute approximate surface area is 112 Å². The summed E-state index contributed by atoms with van der Waals surface area (Å²) in [7, 11) is 0. The fourth-order valence-electron chi connectivity index (χ4n) is 2.23. The zero-order valence-corrected chi connectivity index (χ0v) is 10.8. The van der Waals surface area contributed by atoms with Gasteiger partial charge in [-0.15, -0.1) is 0 Å². The highest BCUT2D eigenvalue weighted by Gasteiger charge is 2.26. The molecule has 1 aliphatic rings. The summed E-state index contributed by atoms with van der Waals surface area (Å²) >= 11 is 1.62. The number of rotatable bonds is 2. The average Bonchev–Trinajstić information content (AvgIpc) is 3.18. The van der Waals surface area contributed by atoms with Gasteiger partial charge in [-0.1, -0.05) is 5.16 Å². The fourth-order valence-corrected chi connectivity index (χ4v) is 2.86. The summed E-state index contributed by atoms with van der Waals surface area (Å²) in [6.45, 7) is 0.746. The molecule has 0 bridgehead atoms. The lowest BCUT2D eigenvalue weighted by atomic mass is 10.1. The summed E-state index contributed by atoms with van der Waals surface area (Å²) in [5.41, 5.74) is 3.20. The number of aromatic nitrogens is 4. The first-order valence-corrected chi connectivity index (χ1v) is 6.95. The summed E-state index contributed by atoms with van der Waals surface area (Å²) in [6.07, 6.45) is 2.49. The van der Waals surface area contributed by atoms with Crippen molar-refractivity contribution < 1.29 is 4.52 Å². The van der Waals surface area contributed by atoms with Crippen molar-refractivity contribution in [3.8, 4) is 11.4 Å². The molecule has 0 fully saturated rings. The molecule has 19 heavy (non-hydrogen) atoms. The molecule has 3 aromatic heterocycles. The molecule has 4 rings (SSSR count). The third kappa shape index (κ3) is 1.87. The molecule has 0 saturated carbocycles. The van der Waals surface area contributed by atoms with Crippen LogP contribution < -0.4 is 5.32 Å². The highest BCUT2D eigenvalue weighted by molar-refractivity contribution is 7.08. The third-order valence-electron chi connectivity index (χ3n) is 3.25. The number of aromatic amines is 1. The van der Waals surface area contributed by atoms with Gasteiger partial charge in [-0.25, -0.2) is 4.98 Å². The van der Waals surface area contributed by atoms with E-state index in [-0.39, 0.29) is 6.04 Å². The Kier molecular flexibility index (Phi) is 2.46. The zero-order valence-electron chi connectivity index (χ0n) is 9.96. The van der Waals surface area contributed by atoms with Crippen molar-refractivity contribution in [3.63, 3.8) is 0 Å². The molecule has 7 heteroatoms. The minimum atomic E-state index is 0.0377. The SMILES string of the molecule is c1nc2c([nH]1)CNC(c1nc(-c3ccsc3)no1)C2. The van der Waals surface area contributed by atoms with Gasteiger partial charge in [-0.3, -0.25) is 5.32 Å². The van der Waals surface area contributed by atoms with Gasteiger partial charge in [-0.05, 0) is 11.4 Å². The lowest BCUT2D eigenvalue weighted by Gasteiger charge is -2.19. The van der Waals surface area contributed by atoms with Gasteiger partial charge in [0.25, 0.3) is 0 Å². The average molecular weight is 273 g/mol. The minimum Gasteiger partial charge on any atom is -0.347 e. The standard InChI is InChI=1S/C12H11N5OS/c1-2-19-5-7(1)11-16-12(18-17-11)9-3-8-10(4-13-9)15-6-14-8/h1-2,5-6,9,13H,3-4H2,(H,14,15). The van der Waals surface area contributed by atoms with E-state index < -0.39 is 0 Å². The Morgan fingerprint density at radius 1 is 1.42 bits per heavy atom. The van der Waals surface area contributed by atoms with E-state index in [9.17, 15) is 0 Å². The second-order valence-corrected chi connectivity index (χ2v) is 5.21. The van der Waals surface area contributed by atoms with Gasteiger partial charge in [0.1, 0.15) is 0 Å². The molecular formula is C12H11N5OS. The Morgan fingerprint density at radius 2 is 2.42 bits per heavy atom. The van der Waals surface area contributed by atoms with Gasteiger partial charge < -0.3 is 9.51 Å². The Balaban J connectivity index is 1.61. The van der Waals surface area contributed by atoms with E-state index in [1.807, 2.05) is 16.8 Å². The molecule has 0 spiro atoms. The molecule has 0 aliphatic carbocycles. The molecule has 96 valence electrons. The maximum absolute atomic E-state index is 5.36. The first-order valence-electron chi connectivity index (χ1n) is 6.01. The van der Waals surface area contributed by atoms with E-state index in [0.29, 0.717) is 11.7 Å². The first-order chi connectivity index (χ1) is 9.40. The number of nitrogens with zero attached hydrogens (tertiary/aromatic N) is 3. The van der Waals surface area contributed by atoms with Crippen molar-refractivity contribution in [1.29, 1.82) is 0 Å². The molecule has 0 saturated heterocycles. The third-order valence-corrected chi connectivity index (χ3v) is 3.93. The highest BCUT2D eigenvalue weighted by atomic mass is 32.1. The van der Waals surface area contributed by atoms with Crippen LogP contribution in [0.2, 0.25) is 0 Å². The maximum atomic E-state index is 5.36. The van der Waals surface area contributed by atoms with Crippen molar-refractivity contribution in [2.75, 3.05) is 0 Å². The van der Waals surface area contributed by atoms with Gasteiger partial charge >= 0.3 is 0 Å². The van der Waals surface area contributed by atoms with E-state index in [1.54, 1.807) is 17.7 Å². The second kappa shape index (κ2) is 4.29. The summed E-state index contributed by atoms with van der Waals surface area (Å²) in [5.74, 6) is 1.26. The first kappa shape index (κ1) is 10.9. The molecule has 3 aromatic rings. The molecule has 0 amide bonds. The van der Waals surface area contributed by atoms with Crippen LogP contribution in [-0.2, 0) is 13.0 Å². The molecule has 0 aromatic carbocycles. The van der Waals surface area contributed by atoms with Gasteiger partial charge in [0, 0.05) is 23.9 Å². The molecule has 1 atom stereocenters. The molecule has 1 unspecified atom stereocenters. The van der Waals surface area contributed by atoms with Gasteiger partial charge in [0.15, 0.2) is 0 Å². The lowest BCUT2D eigenvalue weighted by molar-refractivity contribution is 0.319. The van der Waals surface area contributed by atoms with E-state index in [2.05, 4.69) is 25.4 Å². The van der Waals surface area contributed by atoms with Crippen LogP contribution in [0.1, 0.15) is 23.3 Å². The molecule has 4 heterocycles. The van der Waals surface area contributed by atoms with Crippen LogP contribution in [-0.4, -0.2) is 20.1 Å². The highest BCUT2D eigenvalue weighted by Crippen LogP contribution is 2.25. The molecular weight excluding hydrogens is 262 g/mol. The Morgan fingerprint density at radius 3 is 3.32 bits per heavy atom. The van der Waals surface area contributed by atoms with Gasteiger partial charge in [-0.2, -0.15) is 16.3 Å². The Hall–Kier alpha value is -1.99. The van der Waals surface area contributed by atoms with Crippen LogP contribution in [0.25, 0.3) is 11.4 Å². The quantitative estimate of drug-likeness (QED) is 0.745. The number of imidazole rings is 1. The van der Waals surface area contributed by atoms with E-state index in [1.165, 1.54) is 0 Å². The second-order valence-electron chi connectivity index (χ2n) is 4.43. The Bertz CT molecular complexity index is 687. The van der Waals surface area contributed by atoms with Gasteiger partial charge in [0.2, 0.25) is 11.7 Å². The van der Waals surface area contributed by atoms with Crippen molar-refractivity contribution >= 4 is 11.3 Å². The van der Waals surface area contributed by atoms with Crippen molar-refractivity contribution in [1.82, 2.24) is 25.4 Å². The summed E-state index contributed by atoms with van der Waals surface area (Å²) in [5, 5.41) is 11.4. The fraction of sp³-hybridized carbons (Fsp3) is 0.250. The minimum absolute atomic E-state index is 0.0377. The monoisotopic (exact) mass is 273 g/mol. The zero-order chi connectivity index (χ0) is 12.7. The van der Waals surface area contributed by atoms with E-state index >= 15 is 0 Å². The summed E-state index contributed by atoms with van der Waals surface area (Å²) in [4.78, 5) is 11.9. The molecule has 0 radical (unpaired) electrons. The topological polar surface area (TPSA) is 79.6 Å². The lowest BCUT2D eigenvalue weighted by Crippen LogP contribution is -2.28. The van der Waals surface area contributed by atoms with Crippen molar-refractivity contribution in [2.24, 2.45) is 0 Å². The normalized spacial score (nSPS) is 18.4. The van der Waals surface area contributed by atoms with Gasteiger partial charge in [0.05, 0.1) is 23.8 Å². The largest absolute Gasteiger partial charge is 0.347 e. The van der Waals surface area contributed by atoms with Crippen LogP contribution in [0, 0.1) is 0 Å². The molecule has 2 N–H and O–H groups in total. The number of nitrogens with one attached hydrogen (secondary N) is 2. The number of thiophene rings is 1. The maximum Gasteiger partial charge on any atom is 0.244 e. The summed E-state index contributed by atoms with van der Waals surface area (Å²) < 4.78 is 5.36. The van der Waals surface area contributed by atoms with E-state index in [4.69, 9.17) is 4.52 Å².